The summed E-state index contributed by atoms with van der Waals surface area (Å²) in [5.41, 5.74) is 5.55. The van der Waals surface area contributed by atoms with Crippen LogP contribution in [0.2, 0.25) is 0 Å². The van der Waals surface area contributed by atoms with Crippen LogP contribution in [0.4, 0.5) is 0 Å². The molecule has 1 saturated heterocycles. The summed E-state index contributed by atoms with van der Waals surface area (Å²) in [6.45, 7) is 7.96. The minimum atomic E-state index is -0.666. The monoisotopic (exact) mass is 259 g/mol. The van der Waals surface area contributed by atoms with Crippen LogP contribution in [0.5, 0.6) is 0 Å². The molecule has 1 rings (SSSR count). The summed E-state index contributed by atoms with van der Waals surface area (Å²) in [5, 5.41) is 0. The van der Waals surface area contributed by atoms with Gasteiger partial charge < -0.3 is 19.9 Å². The molecule has 0 saturated carbocycles. The van der Waals surface area contributed by atoms with Crippen LogP contribution in [0.1, 0.15) is 47.0 Å². The SMILES string of the molecule is CC(C)OC(=O)C[C@H]1C[C@@H](CCN)OC(C)(C)O1. The lowest BCUT2D eigenvalue weighted by Crippen LogP contribution is -2.46. The summed E-state index contributed by atoms with van der Waals surface area (Å²) >= 11 is 0. The smallest absolute Gasteiger partial charge is 0.308 e. The van der Waals surface area contributed by atoms with Crippen molar-refractivity contribution in [2.24, 2.45) is 5.73 Å². The Morgan fingerprint density at radius 2 is 2.00 bits per heavy atom. The highest BCUT2D eigenvalue weighted by molar-refractivity contribution is 5.70. The Labute approximate surface area is 109 Å². The fourth-order valence-electron chi connectivity index (χ4n) is 2.20. The van der Waals surface area contributed by atoms with Crippen LogP contribution < -0.4 is 5.73 Å². The minimum absolute atomic E-state index is 0.0515. The van der Waals surface area contributed by atoms with Crippen molar-refractivity contribution in [2.45, 2.75) is 71.1 Å². The molecule has 0 bridgehead atoms. The largest absolute Gasteiger partial charge is 0.463 e. The zero-order valence-electron chi connectivity index (χ0n) is 11.8. The summed E-state index contributed by atoms with van der Waals surface area (Å²) in [4.78, 5) is 11.6. The van der Waals surface area contributed by atoms with Crippen LogP contribution in [0.25, 0.3) is 0 Å². The van der Waals surface area contributed by atoms with E-state index in [1.807, 2.05) is 27.7 Å². The van der Waals surface area contributed by atoms with Crippen molar-refractivity contribution < 1.29 is 19.0 Å². The van der Waals surface area contributed by atoms with E-state index in [-0.39, 0.29) is 30.7 Å². The predicted octanol–water partition coefficient (Wildman–Crippen LogP) is 1.59. The van der Waals surface area contributed by atoms with Gasteiger partial charge in [0.15, 0.2) is 5.79 Å². The van der Waals surface area contributed by atoms with Gasteiger partial charge in [-0.05, 0) is 40.7 Å². The van der Waals surface area contributed by atoms with Crippen LogP contribution in [-0.2, 0) is 19.0 Å². The van der Waals surface area contributed by atoms with E-state index in [0.29, 0.717) is 13.0 Å². The summed E-state index contributed by atoms with van der Waals surface area (Å²) in [6, 6.07) is 0. The molecular weight excluding hydrogens is 234 g/mol. The lowest BCUT2D eigenvalue weighted by Gasteiger charge is -2.40. The highest BCUT2D eigenvalue weighted by Gasteiger charge is 2.36. The highest BCUT2D eigenvalue weighted by atomic mass is 16.7. The van der Waals surface area contributed by atoms with E-state index in [1.54, 1.807) is 0 Å². The number of hydrogen-bond acceptors (Lipinski definition) is 5. The molecule has 0 aromatic rings. The third-order valence-electron chi connectivity index (χ3n) is 2.68. The third-order valence-corrected chi connectivity index (χ3v) is 2.68. The van der Waals surface area contributed by atoms with Gasteiger partial charge in [-0.25, -0.2) is 0 Å². The van der Waals surface area contributed by atoms with Gasteiger partial charge >= 0.3 is 5.97 Å². The summed E-state index contributed by atoms with van der Waals surface area (Å²) in [6.07, 6.45) is 1.54. The van der Waals surface area contributed by atoms with E-state index >= 15 is 0 Å². The number of carbonyl (C=O) groups excluding carboxylic acids is 1. The van der Waals surface area contributed by atoms with Gasteiger partial charge in [0.05, 0.1) is 24.7 Å². The molecular formula is C13H25NO4. The number of hydrogen-bond donors (Lipinski definition) is 1. The molecule has 1 aliphatic heterocycles. The Bertz CT molecular complexity index is 278. The standard InChI is InChI=1S/C13H25NO4/c1-9(2)16-12(15)8-11-7-10(5-6-14)17-13(3,4)18-11/h9-11H,5-8,14H2,1-4H3/t10-,11-/m1/s1. The highest BCUT2D eigenvalue weighted by Crippen LogP contribution is 2.29. The third kappa shape index (κ3) is 5.33. The fraction of sp³-hybridized carbons (Fsp3) is 0.923. The molecule has 2 atom stereocenters. The topological polar surface area (TPSA) is 70.8 Å². The summed E-state index contributed by atoms with van der Waals surface area (Å²) in [5.74, 6) is -0.889. The van der Waals surface area contributed by atoms with Crippen LogP contribution in [-0.4, -0.2) is 36.6 Å². The second kappa shape index (κ2) is 6.50. The first-order valence-corrected chi connectivity index (χ1v) is 6.57. The molecule has 106 valence electrons. The molecule has 0 aromatic carbocycles. The Balaban J connectivity index is 2.51. The van der Waals surface area contributed by atoms with Crippen molar-refractivity contribution in [1.82, 2.24) is 0 Å². The second-order valence-electron chi connectivity index (χ2n) is 5.44. The van der Waals surface area contributed by atoms with Crippen molar-refractivity contribution in [3.63, 3.8) is 0 Å². The maximum absolute atomic E-state index is 11.6. The van der Waals surface area contributed by atoms with Crippen molar-refractivity contribution in [3.8, 4) is 0 Å². The molecule has 0 aromatic heterocycles. The number of carbonyl (C=O) groups is 1. The van der Waals surface area contributed by atoms with E-state index in [2.05, 4.69) is 0 Å². The number of rotatable bonds is 5. The van der Waals surface area contributed by atoms with E-state index in [9.17, 15) is 4.79 Å². The Hall–Kier alpha value is -0.650. The zero-order valence-corrected chi connectivity index (χ0v) is 11.8. The Morgan fingerprint density at radius 3 is 2.56 bits per heavy atom. The van der Waals surface area contributed by atoms with Gasteiger partial charge in [0.1, 0.15) is 0 Å². The molecule has 5 heteroatoms. The molecule has 0 radical (unpaired) electrons. The Morgan fingerprint density at radius 1 is 1.39 bits per heavy atom. The van der Waals surface area contributed by atoms with Gasteiger partial charge in [-0.1, -0.05) is 0 Å². The van der Waals surface area contributed by atoms with Crippen LogP contribution >= 0.6 is 0 Å². The lowest BCUT2D eigenvalue weighted by atomic mass is 10.0. The molecule has 0 amide bonds. The van der Waals surface area contributed by atoms with Crippen molar-refractivity contribution in [1.29, 1.82) is 0 Å². The first-order chi connectivity index (χ1) is 8.32. The van der Waals surface area contributed by atoms with E-state index in [0.717, 1.165) is 6.42 Å². The van der Waals surface area contributed by atoms with Gasteiger partial charge in [0.2, 0.25) is 0 Å². The van der Waals surface area contributed by atoms with Crippen molar-refractivity contribution in [3.05, 3.63) is 0 Å². The molecule has 18 heavy (non-hydrogen) atoms. The summed E-state index contributed by atoms with van der Waals surface area (Å²) in [7, 11) is 0. The van der Waals surface area contributed by atoms with Gasteiger partial charge in [-0.2, -0.15) is 0 Å². The molecule has 1 heterocycles. The zero-order chi connectivity index (χ0) is 13.8. The van der Waals surface area contributed by atoms with Crippen molar-refractivity contribution in [2.75, 3.05) is 6.54 Å². The first-order valence-electron chi connectivity index (χ1n) is 6.57. The second-order valence-corrected chi connectivity index (χ2v) is 5.44. The molecule has 2 N–H and O–H groups in total. The predicted molar refractivity (Wildman–Crippen MR) is 68.0 cm³/mol. The van der Waals surface area contributed by atoms with E-state index < -0.39 is 5.79 Å². The first kappa shape index (κ1) is 15.4. The fourth-order valence-corrected chi connectivity index (χ4v) is 2.20. The normalized spacial score (nSPS) is 27.2. The molecule has 1 aliphatic rings. The number of esters is 1. The molecule has 5 nitrogen and oxygen atoms in total. The Kier molecular flexibility index (Phi) is 5.56. The van der Waals surface area contributed by atoms with Gasteiger partial charge in [-0.3, -0.25) is 4.79 Å². The molecule has 0 unspecified atom stereocenters. The van der Waals surface area contributed by atoms with Crippen molar-refractivity contribution >= 4 is 5.97 Å². The van der Waals surface area contributed by atoms with E-state index in [4.69, 9.17) is 19.9 Å². The minimum Gasteiger partial charge on any atom is -0.463 e. The average Bonchev–Trinajstić information content (AvgIpc) is 2.12. The number of nitrogens with two attached hydrogens (primary N) is 1. The maximum Gasteiger partial charge on any atom is 0.308 e. The molecule has 0 aliphatic carbocycles. The lowest BCUT2D eigenvalue weighted by molar-refractivity contribution is -0.300. The van der Waals surface area contributed by atoms with Crippen LogP contribution in [0.3, 0.4) is 0 Å². The van der Waals surface area contributed by atoms with Gasteiger partial charge in [0.25, 0.3) is 0 Å². The van der Waals surface area contributed by atoms with Gasteiger partial charge in [0, 0.05) is 6.42 Å². The molecule has 1 fully saturated rings. The molecule has 0 spiro atoms. The maximum atomic E-state index is 11.6. The average molecular weight is 259 g/mol. The summed E-state index contributed by atoms with van der Waals surface area (Å²) < 4.78 is 16.6. The quantitative estimate of drug-likeness (QED) is 0.759. The van der Waals surface area contributed by atoms with Crippen LogP contribution in [0.15, 0.2) is 0 Å². The van der Waals surface area contributed by atoms with Gasteiger partial charge in [-0.15, -0.1) is 0 Å². The van der Waals surface area contributed by atoms with Crippen LogP contribution in [0, 0.1) is 0 Å². The number of ether oxygens (including phenoxy) is 3. The van der Waals surface area contributed by atoms with E-state index in [1.165, 1.54) is 0 Å².